The van der Waals surface area contributed by atoms with Gasteiger partial charge in [-0.25, -0.2) is 0 Å². The van der Waals surface area contributed by atoms with Gasteiger partial charge in [0.2, 0.25) is 5.91 Å². The summed E-state index contributed by atoms with van der Waals surface area (Å²) in [5.41, 5.74) is 1.58. The summed E-state index contributed by atoms with van der Waals surface area (Å²) in [6.07, 6.45) is 0. The quantitative estimate of drug-likeness (QED) is 0.696. The van der Waals surface area contributed by atoms with E-state index >= 15 is 0 Å². The summed E-state index contributed by atoms with van der Waals surface area (Å²) >= 11 is 6.02. The van der Waals surface area contributed by atoms with Crippen LogP contribution < -0.4 is 5.32 Å². The van der Waals surface area contributed by atoms with Crippen LogP contribution in [0.4, 0.5) is 5.69 Å². The molecule has 1 aromatic rings. The molecule has 6 heteroatoms. The van der Waals surface area contributed by atoms with Crippen molar-refractivity contribution in [3.8, 4) is 0 Å². The maximum absolute atomic E-state index is 11.8. The predicted octanol–water partition coefficient (Wildman–Crippen LogP) is 0.874. The van der Waals surface area contributed by atoms with Gasteiger partial charge in [0.1, 0.15) is 0 Å². The third kappa shape index (κ3) is 5.57. The van der Waals surface area contributed by atoms with E-state index in [1.54, 1.807) is 17.0 Å². The van der Waals surface area contributed by atoms with Gasteiger partial charge in [0.15, 0.2) is 0 Å². The maximum atomic E-state index is 11.8. The van der Waals surface area contributed by atoms with Crippen molar-refractivity contribution in [3.63, 3.8) is 0 Å². The van der Waals surface area contributed by atoms with E-state index in [9.17, 15) is 4.79 Å². The number of nitrogens with zero attached hydrogens (tertiary/aromatic N) is 1. The van der Waals surface area contributed by atoms with Crippen LogP contribution in [0.3, 0.4) is 0 Å². The van der Waals surface area contributed by atoms with E-state index in [1.807, 2.05) is 13.0 Å². The minimum Gasteiger partial charge on any atom is -0.395 e. The predicted molar refractivity (Wildman–Crippen MR) is 75.4 cm³/mol. The van der Waals surface area contributed by atoms with Gasteiger partial charge in [-0.3, -0.25) is 9.69 Å². The van der Waals surface area contributed by atoms with E-state index in [2.05, 4.69) is 5.32 Å². The molecular weight excluding hydrogens is 268 g/mol. The second-order valence-electron chi connectivity index (χ2n) is 4.25. The Hall–Kier alpha value is -1.14. The van der Waals surface area contributed by atoms with Gasteiger partial charge >= 0.3 is 0 Å². The lowest BCUT2D eigenvalue weighted by atomic mass is 10.2. The number of carbonyl (C=O) groups excluding carboxylic acids is 1. The van der Waals surface area contributed by atoms with Gasteiger partial charge in [0.25, 0.3) is 0 Å². The summed E-state index contributed by atoms with van der Waals surface area (Å²) in [5, 5.41) is 20.9. The van der Waals surface area contributed by atoms with E-state index in [4.69, 9.17) is 21.8 Å². The van der Waals surface area contributed by atoms with E-state index in [0.717, 1.165) is 5.56 Å². The van der Waals surface area contributed by atoms with Crippen molar-refractivity contribution in [1.82, 2.24) is 4.90 Å². The summed E-state index contributed by atoms with van der Waals surface area (Å²) in [6, 6.07) is 5.38. The highest BCUT2D eigenvalue weighted by Crippen LogP contribution is 2.22. The number of anilines is 1. The SMILES string of the molecule is Cc1ccc(NC(=O)CN(CCO)CCO)c(Cl)c1. The molecule has 0 unspecified atom stereocenters. The Balaban J connectivity index is 2.58. The normalized spacial score (nSPS) is 10.8. The first kappa shape index (κ1) is 15.9. The number of nitrogens with one attached hydrogen (secondary N) is 1. The van der Waals surface area contributed by atoms with Crippen molar-refractivity contribution >= 4 is 23.2 Å². The molecule has 1 amide bonds. The highest BCUT2D eigenvalue weighted by atomic mass is 35.5. The Morgan fingerprint density at radius 1 is 1.32 bits per heavy atom. The number of hydrogen-bond acceptors (Lipinski definition) is 4. The smallest absolute Gasteiger partial charge is 0.238 e. The fraction of sp³-hybridized carbons (Fsp3) is 0.462. The van der Waals surface area contributed by atoms with Crippen LogP contribution in [0, 0.1) is 6.92 Å². The number of amides is 1. The number of halogens is 1. The van der Waals surface area contributed by atoms with Crippen molar-refractivity contribution in [2.75, 3.05) is 38.2 Å². The molecule has 106 valence electrons. The zero-order valence-corrected chi connectivity index (χ0v) is 11.7. The van der Waals surface area contributed by atoms with Crippen molar-refractivity contribution in [2.24, 2.45) is 0 Å². The van der Waals surface area contributed by atoms with Crippen LogP contribution in [0.2, 0.25) is 5.02 Å². The summed E-state index contributed by atoms with van der Waals surface area (Å²) in [6.45, 7) is 2.59. The zero-order chi connectivity index (χ0) is 14.3. The molecule has 0 heterocycles. The molecule has 3 N–H and O–H groups in total. The highest BCUT2D eigenvalue weighted by Gasteiger charge is 2.11. The minimum absolute atomic E-state index is 0.0570. The van der Waals surface area contributed by atoms with Crippen molar-refractivity contribution in [3.05, 3.63) is 28.8 Å². The first-order valence-corrected chi connectivity index (χ1v) is 6.44. The molecule has 19 heavy (non-hydrogen) atoms. The molecule has 5 nitrogen and oxygen atoms in total. The van der Waals surface area contributed by atoms with Crippen molar-refractivity contribution in [2.45, 2.75) is 6.92 Å². The topological polar surface area (TPSA) is 72.8 Å². The second kappa shape index (κ2) is 8.12. The van der Waals surface area contributed by atoms with E-state index in [-0.39, 0.29) is 25.7 Å². The van der Waals surface area contributed by atoms with Crippen LogP contribution in [-0.4, -0.2) is 53.9 Å². The summed E-state index contributed by atoms with van der Waals surface area (Å²) in [7, 11) is 0. The first-order chi connectivity index (χ1) is 9.06. The van der Waals surface area contributed by atoms with Crippen molar-refractivity contribution < 1.29 is 15.0 Å². The third-order valence-electron chi connectivity index (χ3n) is 2.60. The molecule has 1 aromatic carbocycles. The lowest BCUT2D eigenvalue weighted by Crippen LogP contribution is -2.37. The number of carbonyl (C=O) groups is 1. The Kier molecular flexibility index (Phi) is 6.80. The average Bonchev–Trinajstić information content (AvgIpc) is 2.33. The number of aryl methyl sites for hydroxylation is 1. The maximum Gasteiger partial charge on any atom is 0.238 e. The molecule has 0 aliphatic rings. The highest BCUT2D eigenvalue weighted by molar-refractivity contribution is 6.33. The largest absolute Gasteiger partial charge is 0.395 e. The molecule has 0 radical (unpaired) electrons. The minimum atomic E-state index is -0.229. The van der Waals surface area contributed by atoms with Crippen LogP contribution in [0.15, 0.2) is 18.2 Å². The van der Waals surface area contributed by atoms with Crippen LogP contribution in [0.5, 0.6) is 0 Å². The monoisotopic (exact) mass is 286 g/mol. The third-order valence-corrected chi connectivity index (χ3v) is 2.91. The van der Waals surface area contributed by atoms with Crippen LogP contribution in [0.1, 0.15) is 5.56 Å². The van der Waals surface area contributed by atoms with Gasteiger partial charge in [-0.15, -0.1) is 0 Å². The van der Waals surface area contributed by atoms with Gasteiger partial charge in [-0.2, -0.15) is 0 Å². The van der Waals surface area contributed by atoms with Gasteiger partial charge in [0.05, 0.1) is 30.5 Å². The van der Waals surface area contributed by atoms with Gasteiger partial charge in [-0.1, -0.05) is 17.7 Å². The molecule has 0 aromatic heterocycles. The molecule has 0 aliphatic heterocycles. The van der Waals surface area contributed by atoms with Crippen LogP contribution >= 0.6 is 11.6 Å². The molecule has 0 atom stereocenters. The van der Waals surface area contributed by atoms with Gasteiger partial charge in [-0.05, 0) is 24.6 Å². The first-order valence-electron chi connectivity index (χ1n) is 6.07. The number of aliphatic hydroxyl groups is 2. The fourth-order valence-corrected chi connectivity index (χ4v) is 1.95. The number of rotatable bonds is 7. The summed E-state index contributed by atoms with van der Waals surface area (Å²) < 4.78 is 0. The van der Waals surface area contributed by atoms with E-state index in [0.29, 0.717) is 23.8 Å². The van der Waals surface area contributed by atoms with Gasteiger partial charge in [0, 0.05) is 13.1 Å². The summed E-state index contributed by atoms with van der Waals surface area (Å²) in [5.74, 6) is -0.229. The molecule has 0 aliphatic carbocycles. The number of aliphatic hydroxyl groups excluding tert-OH is 2. The standard InChI is InChI=1S/C13H19ClN2O3/c1-10-2-3-12(11(14)8-10)15-13(19)9-16(4-6-17)5-7-18/h2-3,8,17-18H,4-7,9H2,1H3,(H,15,19). The number of benzene rings is 1. The zero-order valence-electron chi connectivity index (χ0n) is 10.9. The van der Waals surface area contributed by atoms with Gasteiger partial charge < -0.3 is 15.5 Å². The Morgan fingerprint density at radius 2 is 1.95 bits per heavy atom. The molecular formula is C13H19ClN2O3. The molecule has 0 bridgehead atoms. The molecule has 1 rings (SSSR count). The van der Waals surface area contributed by atoms with E-state index in [1.165, 1.54) is 0 Å². The second-order valence-corrected chi connectivity index (χ2v) is 4.66. The lowest BCUT2D eigenvalue weighted by Gasteiger charge is -2.19. The summed E-state index contributed by atoms with van der Waals surface area (Å²) in [4.78, 5) is 13.5. The molecule has 0 saturated carbocycles. The fourth-order valence-electron chi connectivity index (χ4n) is 1.67. The Morgan fingerprint density at radius 3 is 2.47 bits per heavy atom. The lowest BCUT2D eigenvalue weighted by molar-refractivity contribution is -0.117. The van der Waals surface area contributed by atoms with Crippen LogP contribution in [0.25, 0.3) is 0 Å². The number of hydrogen-bond donors (Lipinski definition) is 3. The molecule has 0 fully saturated rings. The van der Waals surface area contributed by atoms with E-state index < -0.39 is 0 Å². The van der Waals surface area contributed by atoms with Crippen LogP contribution in [-0.2, 0) is 4.79 Å². The molecule has 0 saturated heterocycles. The molecule has 0 spiro atoms. The average molecular weight is 287 g/mol. The van der Waals surface area contributed by atoms with Crippen molar-refractivity contribution in [1.29, 1.82) is 0 Å². The Bertz CT molecular complexity index is 420. The Labute approximate surface area is 117 Å².